The second-order valence-corrected chi connectivity index (χ2v) is 12.7. The SMILES string of the molecule is C[Si](C)(C)CCOCn1c(F)c(Br)c2ccc(Cl)nc21. The maximum Gasteiger partial charge on any atom is 0.212 e. The van der Waals surface area contributed by atoms with Gasteiger partial charge < -0.3 is 4.74 Å². The number of ether oxygens (including phenoxy) is 1. The van der Waals surface area contributed by atoms with Gasteiger partial charge >= 0.3 is 0 Å². The van der Waals surface area contributed by atoms with Crippen LogP contribution in [-0.4, -0.2) is 24.2 Å². The molecule has 2 aromatic heterocycles. The average molecular weight is 380 g/mol. The summed E-state index contributed by atoms with van der Waals surface area (Å²) in [5.41, 5.74) is 0.495. The summed E-state index contributed by atoms with van der Waals surface area (Å²) in [6.07, 6.45) is 0. The van der Waals surface area contributed by atoms with Gasteiger partial charge in [-0.3, -0.25) is 4.57 Å². The highest BCUT2D eigenvalue weighted by Crippen LogP contribution is 2.29. The molecule has 110 valence electrons. The van der Waals surface area contributed by atoms with Crippen molar-refractivity contribution in [2.45, 2.75) is 32.4 Å². The summed E-state index contributed by atoms with van der Waals surface area (Å²) in [6, 6.07) is 4.43. The number of fused-ring (bicyclic) bond motifs is 1. The van der Waals surface area contributed by atoms with Gasteiger partial charge in [0.1, 0.15) is 17.5 Å². The Hall–Kier alpha value is -0.433. The minimum atomic E-state index is -1.14. The van der Waals surface area contributed by atoms with Crippen molar-refractivity contribution in [3.8, 4) is 0 Å². The zero-order chi connectivity index (χ0) is 14.9. The van der Waals surface area contributed by atoms with Crippen LogP contribution < -0.4 is 0 Å². The fourth-order valence-corrected chi connectivity index (χ4v) is 3.20. The molecule has 20 heavy (non-hydrogen) atoms. The Bertz CT molecular complexity index is 627. The van der Waals surface area contributed by atoms with Crippen molar-refractivity contribution >= 4 is 46.6 Å². The molecule has 0 radical (unpaired) electrons. The van der Waals surface area contributed by atoms with Crippen molar-refractivity contribution in [2.24, 2.45) is 0 Å². The van der Waals surface area contributed by atoms with Crippen LogP contribution in [0.1, 0.15) is 0 Å². The first-order chi connectivity index (χ1) is 9.29. The van der Waals surface area contributed by atoms with Crippen molar-refractivity contribution in [3.63, 3.8) is 0 Å². The predicted molar refractivity (Wildman–Crippen MR) is 86.5 cm³/mol. The van der Waals surface area contributed by atoms with Crippen molar-refractivity contribution in [1.29, 1.82) is 0 Å². The molecular weight excluding hydrogens is 363 g/mol. The molecule has 0 saturated carbocycles. The maximum atomic E-state index is 14.2. The third-order valence-electron chi connectivity index (χ3n) is 2.97. The van der Waals surface area contributed by atoms with E-state index in [0.717, 1.165) is 6.04 Å². The first kappa shape index (κ1) is 15.9. The summed E-state index contributed by atoms with van der Waals surface area (Å²) in [5.74, 6) is -0.386. The van der Waals surface area contributed by atoms with Crippen LogP contribution in [0, 0.1) is 5.95 Å². The summed E-state index contributed by atoms with van der Waals surface area (Å²) >= 11 is 9.12. The van der Waals surface area contributed by atoms with E-state index in [1.165, 1.54) is 4.57 Å². The summed E-state index contributed by atoms with van der Waals surface area (Å²) in [7, 11) is -1.14. The first-order valence-corrected chi connectivity index (χ1v) is 11.2. The molecule has 2 heterocycles. The van der Waals surface area contributed by atoms with Crippen LogP contribution in [-0.2, 0) is 11.5 Å². The summed E-state index contributed by atoms with van der Waals surface area (Å²) in [4.78, 5) is 4.17. The minimum absolute atomic E-state index is 0.145. The molecular formula is C13H17BrClFN2OSi. The van der Waals surface area contributed by atoms with E-state index in [4.69, 9.17) is 16.3 Å². The van der Waals surface area contributed by atoms with E-state index in [2.05, 4.69) is 40.6 Å². The van der Waals surface area contributed by atoms with Crippen LogP contribution in [0.25, 0.3) is 11.0 Å². The highest BCUT2D eigenvalue weighted by molar-refractivity contribution is 9.10. The third-order valence-corrected chi connectivity index (χ3v) is 5.64. The molecule has 0 aliphatic carbocycles. The lowest BCUT2D eigenvalue weighted by atomic mass is 10.3. The molecule has 0 spiro atoms. The van der Waals surface area contributed by atoms with Gasteiger partial charge in [0, 0.05) is 20.1 Å². The highest BCUT2D eigenvalue weighted by atomic mass is 79.9. The Labute approximate surface area is 132 Å². The molecule has 0 bridgehead atoms. The summed E-state index contributed by atoms with van der Waals surface area (Å²) in [5, 5.41) is 1.03. The molecule has 0 aromatic carbocycles. The normalized spacial score (nSPS) is 12.3. The lowest BCUT2D eigenvalue weighted by Gasteiger charge is -2.15. The van der Waals surface area contributed by atoms with Gasteiger partial charge in [-0.25, -0.2) is 4.98 Å². The first-order valence-electron chi connectivity index (χ1n) is 6.37. The molecule has 3 nitrogen and oxygen atoms in total. The lowest BCUT2D eigenvalue weighted by Crippen LogP contribution is -2.22. The number of hydrogen-bond acceptors (Lipinski definition) is 2. The molecule has 0 saturated heterocycles. The minimum Gasteiger partial charge on any atom is -0.361 e. The van der Waals surface area contributed by atoms with E-state index in [0.29, 0.717) is 27.3 Å². The van der Waals surface area contributed by atoms with Crippen LogP contribution in [0.2, 0.25) is 30.8 Å². The van der Waals surface area contributed by atoms with E-state index in [-0.39, 0.29) is 12.7 Å². The molecule has 7 heteroatoms. The van der Waals surface area contributed by atoms with Gasteiger partial charge in [0.25, 0.3) is 0 Å². The number of rotatable bonds is 5. The molecule has 2 aromatic rings. The van der Waals surface area contributed by atoms with Gasteiger partial charge in [0.2, 0.25) is 5.95 Å². The second-order valence-electron chi connectivity index (χ2n) is 5.89. The lowest BCUT2D eigenvalue weighted by molar-refractivity contribution is 0.0821. The molecule has 0 fully saturated rings. The Morgan fingerprint density at radius 2 is 2.10 bits per heavy atom. The van der Waals surface area contributed by atoms with E-state index in [9.17, 15) is 4.39 Å². The van der Waals surface area contributed by atoms with Gasteiger partial charge in [0.05, 0.1) is 4.47 Å². The van der Waals surface area contributed by atoms with E-state index >= 15 is 0 Å². The van der Waals surface area contributed by atoms with Crippen LogP contribution >= 0.6 is 27.5 Å². The van der Waals surface area contributed by atoms with Crippen LogP contribution in [0.5, 0.6) is 0 Å². The van der Waals surface area contributed by atoms with Crippen LogP contribution in [0.15, 0.2) is 16.6 Å². The van der Waals surface area contributed by atoms with Crippen molar-refractivity contribution in [2.75, 3.05) is 6.61 Å². The summed E-state index contributed by atoms with van der Waals surface area (Å²) < 4.78 is 21.6. The zero-order valence-electron chi connectivity index (χ0n) is 11.7. The molecule has 0 N–H and O–H groups in total. The van der Waals surface area contributed by atoms with E-state index in [1.54, 1.807) is 12.1 Å². The molecule has 2 rings (SSSR count). The van der Waals surface area contributed by atoms with Crippen LogP contribution in [0.3, 0.4) is 0 Å². The second kappa shape index (κ2) is 6.13. The number of pyridine rings is 1. The quantitative estimate of drug-likeness (QED) is 0.419. The van der Waals surface area contributed by atoms with Gasteiger partial charge in [-0.15, -0.1) is 0 Å². The fourth-order valence-electron chi connectivity index (χ4n) is 1.78. The highest BCUT2D eigenvalue weighted by Gasteiger charge is 2.17. The molecule has 0 unspecified atom stereocenters. The number of hydrogen-bond donors (Lipinski definition) is 0. The molecule has 0 amide bonds. The average Bonchev–Trinajstić information content (AvgIpc) is 2.57. The Kier molecular flexibility index (Phi) is 4.89. The Morgan fingerprint density at radius 3 is 2.75 bits per heavy atom. The number of halogens is 3. The van der Waals surface area contributed by atoms with E-state index in [1.807, 2.05) is 0 Å². The van der Waals surface area contributed by atoms with Gasteiger partial charge in [-0.2, -0.15) is 4.39 Å². The standard InChI is InChI=1S/C13H17BrClFN2OSi/c1-20(2,3)7-6-19-8-18-12(16)11(14)9-4-5-10(15)17-13(9)18/h4-5H,6-8H2,1-3H3. The molecule has 0 aliphatic heterocycles. The van der Waals surface area contributed by atoms with Gasteiger partial charge in [0.15, 0.2) is 0 Å². The topological polar surface area (TPSA) is 27.1 Å². The van der Waals surface area contributed by atoms with Crippen molar-refractivity contribution in [3.05, 3.63) is 27.7 Å². The van der Waals surface area contributed by atoms with Crippen LogP contribution in [0.4, 0.5) is 4.39 Å². The smallest absolute Gasteiger partial charge is 0.212 e. The number of nitrogens with zero attached hydrogens (tertiary/aromatic N) is 2. The van der Waals surface area contributed by atoms with Crippen molar-refractivity contribution in [1.82, 2.24) is 9.55 Å². The monoisotopic (exact) mass is 378 g/mol. The summed E-state index contributed by atoms with van der Waals surface area (Å²) in [6.45, 7) is 7.61. The molecule has 0 atom stereocenters. The van der Waals surface area contributed by atoms with Gasteiger partial charge in [-0.1, -0.05) is 31.2 Å². The predicted octanol–water partition coefficient (Wildman–Crippen LogP) is 4.90. The third kappa shape index (κ3) is 3.61. The largest absolute Gasteiger partial charge is 0.361 e. The van der Waals surface area contributed by atoms with Gasteiger partial charge in [-0.05, 0) is 34.1 Å². The fraction of sp³-hybridized carbons (Fsp3) is 0.462. The maximum absolute atomic E-state index is 14.2. The Balaban J connectivity index is 2.17. The zero-order valence-corrected chi connectivity index (χ0v) is 15.1. The van der Waals surface area contributed by atoms with E-state index < -0.39 is 8.07 Å². The van der Waals surface area contributed by atoms with Crippen molar-refractivity contribution < 1.29 is 9.13 Å². The number of aromatic nitrogens is 2. The Morgan fingerprint density at radius 1 is 1.40 bits per heavy atom. The molecule has 0 aliphatic rings.